The van der Waals surface area contributed by atoms with Crippen LogP contribution in [0.2, 0.25) is 0 Å². The van der Waals surface area contributed by atoms with Gasteiger partial charge in [0.15, 0.2) is 5.82 Å². The Bertz CT molecular complexity index is 481. The van der Waals surface area contributed by atoms with Crippen LogP contribution in [0.15, 0.2) is 6.20 Å². The smallest absolute Gasteiger partial charge is 0.451 e. The highest BCUT2D eigenvalue weighted by Crippen LogP contribution is 2.27. The highest BCUT2D eigenvalue weighted by atomic mass is 19.4. The number of anilines is 1. The zero-order valence-corrected chi connectivity index (χ0v) is 11.7. The summed E-state index contributed by atoms with van der Waals surface area (Å²) >= 11 is 0. The van der Waals surface area contributed by atoms with Crippen molar-refractivity contribution in [1.82, 2.24) is 9.97 Å². The van der Waals surface area contributed by atoms with Crippen LogP contribution in [0.5, 0.6) is 0 Å². The Balaban J connectivity index is 2.98. The largest absolute Gasteiger partial charge is 0.462 e. The number of carbonyl (C=O) groups excluding carboxylic acids is 1. The normalized spacial score (nSPS) is 11.3. The number of carbonyl (C=O) groups is 1. The molecule has 0 aliphatic rings. The molecule has 9 heteroatoms. The van der Waals surface area contributed by atoms with Crippen LogP contribution in [0.25, 0.3) is 0 Å². The van der Waals surface area contributed by atoms with Crippen LogP contribution >= 0.6 is 0 Å². The van der Waals surface area contributed by atoms with Gasteiger partial charge in [-0.25, -0.2) is 20.2 Å². The van der Waals surface area contributed by atoms with Crippen molar-refractivity contribution in [3.05, 3.63) is 17.6 Å². The summed E-state index contributed by atoms with van der Waals surface area (Å²) in [5.41, 5.74) is 2.03. The van der Waals surface area contributed by atoms with Gasteiger partial charge in [0.25, 0.3) is 0 Å². The van der Waals surface area contributed by atoms with Gasteiger partial charge in [0, 0.05) is 6.20 Å². The van der Waals surface area contributed by atoms with Crippen molar-refractivity contribution in [2.75, 3.05) is 18.7 Å². The number of nitrogens with zero attached hydrogens (tertiary/aromatic N) is 2. The number of nitrogens with one attached hydrogen (secondary N) is 1. The van der Waals surface area contributed by atoms with Crippen LogP contribution in [0.1, 0.15) is 42.9 Å². The summed E-state index contributed by atoms with van der Waals surface area (Å²) in [5, 5.41) is 0. The minimum atomic E-state index is -4.72. The summed E-state index contributed by atoms with van der Waals surface area (Å²) in [7, 11) is 0. The third-order valence-electron chi connectivity index (χ3n) is 2.31. The summed E-state index contributed by atoms with van der Waals surface area (Å²) in [4.78, 5) is 23.0. The van der Waals surface area contributed by atoms with E-state index in [1.165, 1.54) is 0 Å². The van der Waals surface area contributed by atoms with Crippen molar-refractivity contribution in [1.29, 1.82) is 0 Å². The van der Waals surface area contributed by atoms with E-state index in [9.17, 15) is 18.0 Å². The third kappa shape index (κ3) is 5.18. The standard InChI is InChI=1S/C12H16F3N3O3/c1-3-5-6-21-18-9-8(10(19)20-4-2)7-16-11(17-9)12(13,14)15/h7H,3-6H2,1-2H3,(H,16,17,18). The molecule has 0 amide bonds. The molecule has 1 rings (SSSR count). The topological polar surface area (TPSA) is 73.3 Å². The lowest BCUT2D eigenvalue weighted by Gasteiger charge is -2.12. The number of unbranched alkanes of at least 4 members (excludes halogenated alkanes) is 1. The highest BCUT2D eigenvalue weighted by molar-refractivity contribution is 5.94. The molecule has 0 saturated carbocycles. The molecule has 6 nitrogen and oxygen atoms in total. The molecule has 0 aliphatic carbocycles. The number of esters is 1. The summed E-state index contributed by atoms with van der Waals surface area (Å²) in [6.07, 6.45) is -2.39. The van der Waals surface area contributed by atoms with E-state index in [4.69, 9.17) is 9.57 Å². The molecule has 1 heterocycles. The SMILES string of the molecule is CCCCONc1nc(C(F)(F)F)ncc1C(=O)OCC. The van der Waals surface area contributed by atoms with Gasteiger partial charge in [0.1, 0.15) is 5.56 Å². The molecule has 0 saturated heterocycles. The maximum Gasteiger partial charge on any atom is 0.451 e. The monoisotopic (exact) mass is 307 g/mol. The second kappa shape index (κ2) is 7.77. The molecule has 0 unspecified atom stereocenters. The zero-order valence-electron chi connectivity index (χ0n) is 11.7. The predicted molar refractivity (Wildman–Crippen MR) is 67.5 cm³/mol. The van der Waals surface area contributed by atoms with E-state index in [0.717, 1.165) is 12.6 Å². The van der Waals surface area contributed by atoms with Crippen LogP contribution in [0.4, 0.5) is 19.0 Å². The Morgan fingerprint density at radius 3 is 2.67 bits per heavy atom. The molecule has 0 spiro atoms. The van der Waals surface area contributed by atoms with Gasteiger partial charge in [-0.15, -0.1) is 0 Å². The molecule has 0 fully saturated rings. The first-order chi connectivity index (χ1) is 9.90. The maximum absolute atomic E-state index is 12.6. The average Bonchev–Trinajstić information content (AvgIpc) is 2.42. The van der Waals surface area contributed by atoms with Crippen molar-refractivity contribution in [3.8, 4) is 0 Å². The van der Waals surface area contributed by atoms with Crippen LogP contribution in [-0.4, -0.2) is 29.2 Å². The van der Waals surface area contributed by atoms with E-state index in [0.29, 0.717) is 6.42 Å². The molecule has 0 radical (unpaired) electrons. The average molecular weight is 307 g/mol. The van der Waals surface area contributed by atoms with E-state index < -0.39 is 18.0 Å². The van der Waals surface area contributed by atoms with Crippen molar-refractivity contribution in [3.63, 3.8) is 0 Å². The Morgan fingerprint density at radius 2 is 2.10 bits per heavy atom. The van der Waals surface area contributed by atoms with Gasteiger partial charge in [-0.2, -0.15) is 13.2 Å². The van der Waals surface area contributed by atoms with Crippen molar-refractivity contribution >= 4 is 11.8 Å². The first-order valence-corrected chi connectivity index (χ1v) is 6.39. The van der Waals surface area contributed by atoms with Gasteiger partial charge < -0.3 is 4.74 Å². The minimum absolute atomic E-state index is 0.0794. The molecular weight excluding hydrogens is 291 g/mol. The lowest BCUT2D eigenvalue weighted by Crippen LogP contribution is -2.18. The molecule has 1 N–H and O–H groups in total. The summed E-state index contributed by atoms with van der Waals surface area (Å²) in [5.74, 6) is -2.56. The molecule has 118 valence electrons. The van der Waals surface area contributed by atoms with E-state index >= 15 is 0 Å². The number of alkyl halides is 3. The van der Waals surface area contributed by atoms with Gasteiger partial charge in [-0.3, -0.25) is 4.84 Å². The highest BCUT2D eigenvalue weighted by Gasteiger charge is 2.35. The summed E-state index contributed by atoms with van der Waals surface area (Å²) in [6.45, 7) is 3.85. The fourth-order valence-corrected chi connectivity index (χ4v) is 1.29. The number of halogens is 3. The lowest BCUT2D eigenvalue weighted by atomic mass is 10.3. The Hall–Kier alpha value is -1.90. The Morgan fingerprint density at radius 1 is 1.38 bits per heavy atom. The molecule has 0 aliphatic heterocycles. The molecule has 21 heavy (non-hydrogen) atoms. The van der Waals surface area contributed by atoms with Gasteiger partial charge in [0.2, 0.25) is 5.82 Å². The van der Waals surface area contributed by atoms with Crippen molar-refractivity contribution < 1.29 is 27.5 Å². The fraction of sp³-hybridized carbons (Fsp3) is 0.583. The summed E-state index contributed by atoms with van der Waals surface area (Å²) < 4.78 is 42.5. The molecule has 0 aromatic carbocycles. The maximum atomic E-state index is 12.6. The number of hydrogen-bond acceptors (Lipinski definition) is 6. The summed E-state index contributed by atoms with van der Waals surface area (Å²) in [6, 6.07) is 0. The van der Waals surface area contributed by atoms with Gasteiger partial charge in [-0.05, 0) is 13.3 Å². The fourth-order valence-electron chi connectivity index (χ4n) is 1.29. The molecule has 1 aromatic heterocycles. The number of ether oxygens (including phenoxy) is 1. The molecular formula is C12H16F3N3O3. The quantitative estimate of drug-likeness (QED) is 0.474. The lowest BCUT2D eigenvalue weighted by molar-refractivity contribution is -0.144. The Labute approximate surface area is 119 Å². The van der Waals surface area contributed by atoms with E-state index in [1.54, 1.807) is 6.92 Å². The predicted octanol–water partition coefficient (Wildman–Crippen LogP) is 2.82. The first kappa shape index (κ1) is 17.2. The second-order valence-electron chi connectivity index (χ2n) is 3.98. The van der Waals surface area contributed by atoms with Crippen LogP contribution in [0, 0.1) is 0 Å². The van der Waals surface area contributed by atoms with Gasteiger partial charge >= 0.3 is 12.1 Å². The van der Waals surface area contributed by atoms with Crippen molar-refractivity contribution in [2.45, 2.75) is 32.9 Å². The number of rotatable bonds is 7. The van der Waals surface area contributed by atoms with Crippen LogP contribution < -0.4 is 5.48 Å². The number of aromatic nitrogens is 2. The number of hydrogen-bond donors (Lipinski definition) is 1. The zero-order chi connectivity index (χ0) is 15.9. The van der Waals surface area contributed by atoms with E-state index in [-0.39, 0.29) is 24.6 Å². The van der Waals surface area contributed by atoms with Crippen LogP contribution in [0.3, 0.4) is 0 Å². The molecule has 1 aromatic rings. The van der Waals surface area contributed by atoms with Crippen molar-refractivity contribution in [2.24, 2.45) is 0 Å². The Kier molecular flexibility index (Phi) is 6.35. The molecule has 0 atom stereocenters. The minimum Gasteiger partial charge on any atom is -0.462 e. The van der Waals surface area contributed by atoms with Crippen LogP contribution in [-0.2, 0) is 15.8 Å². The first-order valence-electron chi connectivity index (χ1n) is 6.39. The molecule has 0 bridgehead atoms. The van der Waals surface area contributed by atoms with Gasteiger partial charge in [-0.1, -0.05) is 13.3 Å². The van der Waals surface area contributed by atoms with E-state index in [2.05, 4.69) is 15.4 Å². The van der Waals surface area contributed by atoms with E-state index in [1.807, 2.05) is 6.92 Å². The second-order valence-corrected chi connectivity index (χ2v) is 3.98. The van der Waals surface area contributed by atoms with Gasteiger partial charge in [0.05, 0.1) is 13.2 Å². The third-order valence-corrected chi connectivity index (χ3v) is 2.31.